The molecular formula is C4H8NO2+. The van der Waals surface area contributed by atoms with Gasteiger partial charge in [0, 0.05) is 0 Å². The molecule has 0 saturated heterocycles. The molecule has 1 aliphatic heterocycles. The summed E-state index contributed by atoms with van der Waals surface area (Å²) < 4.78 is 6.32. The van der Waals surface area contributed by atoms with Crippen molar-refractivity contribution < 1.29 is 14.4 Å². The molecule has 0 atom stereocenters. The predicted molar refractivity (Wildman–Crippen MR) is 24.6 cm³/mol. The van der Waals surface area contributed by atoms with Gasteiger partial charge < -0.3 is 9.84 Å². The lowest BCUT2D eigenvalue weighted by Gasteiger charge is -1.79. The summed E-state index contributed by atoms with van der Waals surface area (Å²) in [6.07, 6.45) is 0.0417. The minimum absolute atomic E-state index is 0.0417. The second-order valence-corrected chi connectivity index (χ2v) is 1.55. The van der Waals surface area contributed by atoms with Crippen LogP contribution in [-0.2, 0) is 4.74 Å². The second kappa shape index (κ2) is 1.40. The highest BCUT2D eigenvalue weighted by atomic mass is 16.6. The van der Waals surface area contributed by atoms with E-state index in [4.69, 9.17) is 5.11 Å². The third-order valence-corrected chi connectivity index (χ3v) is 0.984. The van der Waals surface area contributed by atoms with Crippen LogP contribution in [0.4, 0.5) is 0 Å². The largest absolute Gasteiger partial charge is 0.546 e. The Bertz CT molecular complexity index is 96.3. The van der Waals surface area contributed by atoms with Gasteiger partial charge in [-0.25, -0.2) is 0 Å². The molecule has 0 bridgehead atoms. The van der Waals surface area contributed by atoms with Gasteiger partial charge in [-0.3, -0.25) is 0 Å². The first kappa shape index (κ1) is 4.43. The minimum atomic E-state index is 0.0417. The molecule has 1 heterocycles. The van der Waals surface area contributed by atoms with Crippen LogP contribution in [0, 0.1) is 0 Å². The van der Waals surface area contributed by atoms with E-state index in [1.807, 2.05) is 0 Å². The summed E-state index contributed by atoms with van der Waals surface area (Å²) in [4.78, 5) is 0. The number of nitrogens with zero attached hydrogens (tertiary/aromatic N) is 1. The summed E-state index contributed by atoms with van der Waals surface area (Å²) in [5.41, 5.74) is 0. The quantitative estimate of drug-likeness (QED) is 0.421. The first-order valence-corrected chi connectivity index (χ1v) is 2.20. The van der Waals surface area contributed by atoms with Crippen LogP contribution in [0.15, 0.2) is 0 Å². The van der Waals surface area contributed by atoms with E-state index in [1.165, 1.54) is 0 Å². The van der Waals surface area contributed by atoms with Crippen LogP contribution < -0.4 is 0 Å². The maximum absolute atomic E-state index is 8.62. The fraction of sp³-hybridized carbons (Fsp3) is 0.750. The third-order valence-electron chi connectivity index (χ3n) is 0.984. The Morgan fingerprint density at radius 3 is 2.71 bits per heavy atom. The molecule has 1 rings (SSSR count). The minimum Gasteiger partial charge on any atom is -0.430 e. The van der Waals surface area contributed by atoms with Crippen LogP contribution in [-0.4, -0.2) is 36.0 Å². The topological polar surface area (TPSA) is 32.5 Å². The molecule has 0 unspecified atom stereocenters. The van der Waals surface area contributed by atoms with E-state index in [1.54, 1.807) is 11.6 Å². The molecule has 40 valence electrons. The SMILES string of the molecule is C[N+]1=C(O)OCC1. The highest BCUT2D eigenvalue weighted by Gasteiger charge is 2.17. The van der Waals surface area contributed by atoms with Gasteiger partial charge in [-0.1, -0.05) is 0 Å². The van der Waals surface area contributed by atoms with Crippen molar-refractivity contribution in [3.63, 3.8) is 0 Å². The standard InChI is InChI=1S/C4H7NO2/c1-5-2-3-7-4(5)6/h2-3H2,1H3/p+1. The van der Waals surface area contributed by atoms with Crippen molar-refractivity contribution in [3.05, 3.63) is 0 Å². The lowest BCUT2D eigenvalue weighted by atomic mass is 10.7. The Hall–Kier alpha value is -0.730. The van der Waals surface area contributed by atoms with E-state index in [0.29, 0.717) is 6.61 Å². The molecule has 0 aromatic rings. The highest BCUT2D eigenvalue weighted by molar-refractivity contribution is 5.58. The fourth-order valence-electron chi connectivity index (χ4n) is 0.480. The van der Waals surface area contributed by atoms with Gasteiger partial charge in [-0.05, 0) is 0 Å². The van der Waals surface area contributed by atoms with Crippen molar-refractivity contribution in [3.8, 4) is 0 Å². The molecule has 0 spiro atoms. The molecule has 7 heavy (non-hydrogen) atoms. The lowest BCUT2D eigenvalue weighted by Crippen LogP contribution is -2.08. The van der Waals surface area contributed by atoms with Crippen molar-refractivity contribution in [1.29, 1.82) is 0 Å². The molecule has 0 saturated carbocycles. The molecular weight excluding hydrogens is 94.0 g/mol. The molecule has 3 heteroatoms. The van der Waals surface area contributed by atoms with E-state index >= 15 is 0 Å². The molecule has 0 aromatic heterocycles. The maximum atomic E-state index is 8.62. The molecule has 0 aromatic carbocycles. The molecule has 1 aliphatic rings. The fourth-order valence-corrected chi connectivity index (χ4v) is 0.480. The van der Waals surface area contributed by atoms with Crippen molar-refractivity contribution in [1.82, 2.24) is 0 Å². The van der Waals surface area contributed by atoms with Gasteiger partial charge in [0.15, 0.2) is 13.2 Å². The molecule has 1 N–H and O–H groups in total. The summed E-state index contributed by atoms with van der Waals surface area (Å²) in [5, 5.41) is 8.62. The zero-order valence-electron chi connectivity index (χ0n) is 4.22. The monoisotopic (exact) mass is 102 g/mol. The first-order valence-electron chi connectivity index (χ1n) is 2.20. The number of aliphatic hydroxyl groups is 1. The van der Waals surface area contributed by atoms with Gasteiger partial charge in [0.1, 0.15) is 7.05 Å². The van der Waals surface area contributed by atoms with Crippen molar-refractivity contribution >= 4 is 6.08 Å². The maximum Gasteiger partial charge on any atom is 0.546 e. The van der Waals surface area contributed by atoms with Gasteiger partial charge in [-0.2, -0.15) is 4.58 Å². The first-order chi connectivity index (χ1) is 3.30. The number of hydrogen-bond donors (Lipinski definition) is 1. The van der Waals surface area contributed by atoms with Crippen LogP contribution in [0.1, 0.15) is 0 Å². The van der Waals surface area contributed by atoms with Gasteiger partial charge in [0.2, 0.25) is 0 Å². The van der Waals surface area contributed by atoms with E-state index < -0.39 is 0 Å². The molecule has 0 radical (unpaired) electrons. The molecule has 0 aliphatic carbocycles. The van der Waals surface area contributed by atoms with Crippen molar-refractivity contribution in [2.45, 2.75) is 0 Å². The van der Waals surface area contributed by atoms with E-state index in [2.05, 4.69) is 4.74 Å². The van der Waals surface area contributed by atoms with E-state index in [0.717, 1.165) is 6.54 Å². The summed E-state index contributed by atoms with van der Waals surface area (Å²) in [6.45, 7) is 1.41. The van der Waals surface area contributed by atoms with E-state index in [9.17, 15) is 0 Å². The summed E-state index contributed by atoms with van der Waals surface area (Å²) in [5.74, 6) is 0. The number of hydrogen-bond acceptors (Lipinski definition) is 1. The Kier molecular flexibility index (Phi) is 0.889. The van der Waals surface area contributed by atoms with E-state index in [-0.39, 0.29) is 6.08 Å². The number of aliphatic hydroxyl groups excluding tert-OH is 1. The van der Waals surface area contributed by atoms with Crippen LogP contribution in [0.5, 0.6) is 0 Å². The van der Waals surface area contributed by atoms with Gasteiger partial charge in [-0.15, -0.1) is 0 Å². The lowest BCUT2D eigenvalue weighted by molar-refractivity contribution is -0.494. The van der Waals surface area contributed by atoms with Gasteiger partial charge >= 0.3 is 6.08 Å². The van der Waals surface area contributed by atoms with Crippen LogP contribution in [0.3, 0.4) is 0 Å². The van der Waals surface area contributed by atoms with Crippen molar-refractivity contribution in [2.24, 2.45) is 0 Å². The number of ether oxygens (including phenoxy) is 1. The smallest absolute Gasteiger partial charge is 0.430 e. The zero-order chi connectivity index (χ0) is 5.28. The summed E-state index contributed by atoms with van der Waals surface area (Å²) >= 11 is 0. The molecule has 0 fully saturated rings. The average Bonchev–Trinajstić information content (AvgIpc) is 1.91. The van der Waals surface area contributed by atoms with Crippen LogP contribution in [0.25, 0.3) is 0 Å². The summed E-state index contributed by atoms with van der Waals surface area (Å²) in [6, 6.07) is 0. The number of likely N-dealkylation sites (N-methyl/N-ethyl adjacent to an activating group) is 1. The van der Waals surface area contributed by atoms with Crippen molar-refractivity contribution in [2.75, 3.05) is 20.2 Å². The normalized spacial score (nSPS) is 20.1. The predicted octanol–water partition coefficient (Wildman–Crippen LogP) is -0.427. The third kappa shape index (κ3) is 0.656. The Morgan fingerprint density at radius 1 is 1.86 bits per heavy atom. The van der Waals surface area contributed by atoms with Gasteiger partial charge in [0.05, 0.1) is 0 Å². The highest BCUT2D eigenvalue weighted by Crippen LogP contribution is 1.86. The second-order valence-electron chi connectivity index (χ2n) is 1.55. The number of rotatable bonds is 0. The Labute approximate surface area is 41.8 Å². The molecule has 3 nitrogen and oxygen atoms in total. The molecule has 0 amide bonds. The van der Waals surface area contributed by atoms with Gasteiger partial charge in [0.25, 0.3) is 0 Å². The average molecular weight is 102 g/mol. The summed E-state index contributed by atoms with van der Waals surface area (Å²) in [7, 11) is 1.78. The van der Waals surface area contributed by atoms with Crippen LogP contribution in [0.2, 0.25) is 0 Å². The Morgan fingerprint density at radius 2 is 2.57 bits per heavy atom. The Balaban J connectivity index is 2.64. The zero-order valence-corrected chi connectivity index (χ0v) is 4.22. The van der Waals surface area contributed by atoms with Crippen LogP contribution >= 0.6 is 0 Å².